The molecule has 0 spiro atoms. The lowest BCUT2D eigenvalue weighted by Crippen LogP contribution is -2.65. The normalized spacial score (nSPS) is 22.0. The van der Waals surface area contributed by atoms with Crippen molar-refractivity contribution in [3.63, 3.8) is 0 Å². The first-order valence-electron chi connectivity index (χ1n) is 9.71. The number of likely N-dealkylation sites (tertiary alicyclic amines) is 1. The van der Waals surface area contributed by atoms with Gasteiger partial charge in [0.1, 0.15) is 0 Å². The fourth-order valence-corrected chi connectivity index (χ4v) is 4.42. The van der Waals surface area contributed by atoms with Crippen molar-refractivity contribution < 1.29 is 9.90 Å². The minimum absolute atomic E-state index is 0.0596. The van der Waals surface area contributed by atoms with Crippen LogP contribution in [0.4, 0.5) is 4.79 Å². The molecule has 2 aliphatic heterocycles. The Kier molecular flexibility index (Phi) is 5.14. The molecule has 5 heteroatoms. The molecule has 2 fully saturated rings. The fraction of sp³-hybridized carbons (Fsp3) is 0.409. The van der Waals surface area contributed by atoms with Crippen molar-refractivity contribution >= 4 is 6.09 Å². The van der Waals surface area contributed by atoms with Gasteiger partial charge in [-0.25, -0.2) is 4.79 Å². The van der Waals surface area contributed by atoms with Gasteiger partial charge in [0.15, 0.2) is 0 Å². The summed E-state index contributed by atoms with van der Waals surface area (Å²) in [6.45, 7) is 6.31. The van der Waals surface area contributed by atoms with Crippen molar-refractivity contribution in [1.82, 2.24) is 14.7 Å². The second kappa shape index (κ2) is 7.71. The molecular weight excluding hydrogens is 338 g/mol. The molecule has 1 amide bonds. The van der Waals surface area contributed by atoms with Crippen molar-refractivity contribution in [2.75, 3.05) is 32.7 Å². The molecule has 2 aromatic rings. The molecule has 2 aliphatic rings. The Labute approximate surface area is 160 Å². The second-order valence-electron chi connectivity index (χ2n) is 7.65. The number of amides is 1. The average molecular weight is 365 g/mol. The number of carboxylic acid groups (broad SMARTS) is 1. The van der Waals surface area contributed by atoms with Gasteiger partial charge in [0, 0.05) is 44.8 Å². The molecule has 2 saturated heterocycles. The van der Waals surface area contributed by atoms with E-state index in [0.29, 0.717) is 12.6 Å². The molecule has 2 aromatic carbocycles. The molecule has 2 heterocycles. The Hall–Kier alpha value is -2.37. The van der Waals surface area contributed by atoms with Crippen LogP contribution in [-0.4, -0.2) is 70.7 Å². The number of piperazine rings is 1. The molecular formula is C22H27N3O2. The quantitative estimate of drug-likeness (QED) is 0.904. The molecule has 0 aliphatic carbocycles. The van der Waals surface area contributed by atoms with E-state index in [4.69, 9.17) is 0 Å². The van der Waals surface area contributed by atoms with E-state index in [2.05, 4.69) is 70.5 Å². The third kappa shape index (κ3) is 3.70. The van der Waals surface area contributed by atoms with Crippen LogP contribution in [0.25, 0.3) is 0 Å². The lowest BCUT2D eigenvalue weighted by atomic mass is 9.92. The maximum Gasteiger partial charge on any atom is 0.407 e. The number of benzene rings is 2. The van der Waals surface area contributed by atoms with Crippen LogP contribution >= 0.6 is 0 Å². The van der Waals surface area contributed by atoms with E-state index in [1.807, 2.05) is 6.92 Å². The third-order valence-corrected chi connectivity index (χ3v) is 5.91. The molecule has 1 N–H and O–H groups in total. The Morgan fingerprint density at radius 3 is 1.96 bits per heavy atom. The van der Waals surface area contributed by atoms with Crippen molar-refractivity contribution in [2.45, 2.75) is 25.0 Å². The highest BCUT2D eigenvalue weighted by molar-refractivity contribution is 5.65. The first-order valence-corrected chi connectivity index (χ1v) is 9.71. The average Bonchev–Trinajstić information content (AvgIpc) is 2.65. The van der Waals surface area contributed by atoms with E-state index in [1.165, 1.54) is 11.1 Å². The van der Waals surface area contributed by atoms with Gasteiger partial charge in [-0.05, 0) is 18.1 Å². The van der Waals surface area contributed by atoms with Gasteiger partial charge in [0.2, 0.25) is 0 Å². The topological polar surface area (TPSA) is 47.0 Å². The predicted molar refractivity (Wildman–Crippen MR) is 106 cm³/mol. The van der Waals surface area contributed by atoms with Gasteiger partial charge in [0.05, 0.1) is 6.04 Å². The number of hydrogen-bond donors (Lipinski definition) is 1. The Balaban J connectivity index is 1.44. The molecule has 0 saturated carbocycles. The van der Waals surface area contributed by atoms with Crippen LogP contribution in [0, 0.1) is 0 Å². The van der Waals surface area contributed by atoms with E-state index in [-0.39, 0.29) is 12.1 Å². The zero-order valence-corrected chi connectivity index (χ0v) is 15.7. The van der Waals surface area contributed by atoms with Gasteiger partial charge in [-0.15, -0.1) is 0 Å². The monoisotopic (exact) mass is 365 g/mol. The summed E-state index contributed by atoms with van der Waals surface area (Å²) in [6, 6.07) is 22.2. The van der Waals surface area contributed by atoms with E-state index in [0.717, 1.165) is 26.2 Å². The minimum Gasteiger partial charge on any atom is -0.465 e. The Bertz CT molecular complexity index is 722. The summed E-state index contributed by atoms with van der Waals surface area (Å²) in [5.41, 5.74) is 2.65. The standard InChI is InChI=1S/C22H27N3O2/c1-17-14-23(12-13-25(17)22(26)27)20-15-24(16-20)21(18-8-4-2-5-9-18)19-10-6-3-7-11-19/h2-11,17,20-21H,12-16H2,1H3,(H,26,27)/t17-/m0/s1. The molecule has 0 bridgehead atoms. The number of nitrogens with zero attached hydrogens (tertiary/aromatic N) is 3. The highest BCUT2D eigenvalue weighted by Crippen LogP contribution is 2.34. The van der Waals surface area contributed by atoms with E-state index >= 15 is 0 Å². The SMILES string of the molecule is C[C@H]1CN(C2CN(C(c3ccccc3)c3ccccc3)C2)CCN1C(=O)O. The lowest BCUT2D eigenvalue weighted by molar-refractivity contribution is -0.0203. The number of carbonyl (C=O) groups is 1. The minimum atomic E-state index is -0.800. The van der Waals surface area contributed by atoms with Gasteiger partial charge in [-0.2, -0.15) is 0 Å². The zero-order chi connectivity index (χ0) is 18.8. The first-order chi connectivity index (χ1) is 13.1. The van der Waals surface area contributed by atoms with Crippen LogP contribution < -0.4 is 0 Å². The fourth-order valence-electron chi connectivity index (χ4n) is 4.42. The summed E-state index contributed by atoms with van der Waals surface area (Å²) in [5, 5.41) is 9.27. The molecule has 0 unspecified atom stereocenters. The maximum atomic E-state index is 11.3. The molecule has 0 radical (unpaired) electrons. The van der Waals surface area contributed by atoms with Gasteiger partial charge in [0.25, 0.3) is 0 Å². The summed E-state index contributed by atoms with van der Waals surface area (Å²) < 4.78 is 0. The number of hydrogen-bond acceptors (Lipinski definition) is 3. The summed E-state index contributed by atoms with van der Waals surface area (Å²) >= 11 is 0. The number of rotatable bonds is 4. The van der Waals surface area contributed by atoms with E-state index in [9.17, 15) is 9.90 Å². The Morgan fingerprint density at radius 1 is 0.926 bits per heavy atom. The van der Waals surface area contributed by atoms with E-state index < -0.39 is 6.09 Å². The highest BCUT2D eigenvalue weighted by Gasteiger charge is 2.39. The highest BCUT2D eigenvalue weighted by atomic mass is 16.4. The molecule has 142 valence electrons. The van der Waals surface area contributed by atoms with Crippen LogP contribution in [0.15, 0.2) is 60.7 Å². The summed E-state index contributed by atoms with van der Waals surface area (Å²) in [7, 11) is 0. The third-order valence-electron chi connectivity index (χ3n) is 5.91. The summed E-state index contributed by atoms with van der Waals surface area (Å²) in [5.74, 6) is 0. The lowest BCUT2D eigenvalue weighted by Gasteiger charge is -2.52. The first kappa shape index (κ1) is 18.0. The zero-order valence-electron chi connectivity index (χ0n) is 15.7. The molecule has 4 rings (SSSR count). The molecule has 27 heavy (non-hydrogen) atoms. The predicted octanol–water partition coefficient (Wildman–Crippen LogP) is 3.14. The smallest absolute Gasteiger partial charge is 0.407 e. The van der Waals surface area contributed by atoms with Crippen molar-refractivity contribution in [1.29, 1.82) is 0 Å². The van der Waals surface area contributed by atoms with Gasteiger partial charge in [-0.1, -0.05) is 60.7 Å². The largest absolute Gasteiger partial charge is 0.465 e. The van der Waals surface area contributed by atoms with Crippen molar-refractivity contribution in [3.8, 4) is 0 Å². The van der Waals surface area contributed by atoms with Gasteiger partial charge < -0.3 is 10.0 Å². The molecule has 0 aromatic heterocycles. The van der Waals surface area contributed by atoms with E-state index in [1.54, 1.807) is 4.90 Å². The van der Waals surface area contributed by atoms with Gasteiger partial charge >= 0.3 is 6.09 Å². The van der Waals surface area contributed by atoms with Crippen LogP contribution in [0.3, 0.4) is 0 Å². The van der Waals surface area contributed by atoms with Crippen LogP contribution in [0.1, 0.15) is 24.1 Å². The molecule has 5 nitrogen and oxygen atoms in total. The molecule has 1 atom stereocenters. The second-order valence-corrected chi connectivity index (χ2v) is 7.65. The Morgan fingerprint density at radius 2 is 1.48 bits per heavy atom. The summed E-state index contributed by atoms with van der Waals surface area (Å²) in [4.78, 5) is 17.8. The maximum absolute atomic E-state index is 11.3. The summed E-state index contributed by atoms with van der Waals surface area (Å²) in [6.07, 6.45) is -0.800. The van der Waals surface area contributed by atoms with Crippen molar-refractivity contribution in [2.24, 2.45) is 0 Å². The van der Waals surface area contributed by atoms with Crippen molar-refractivity contribution in [3.05, 3.63) is 71.8 Å². The van der Waals surface area contributed by atoms with Gasteiger partial charge in [-0.3, -0.25) is 9.80 Å². The van der Waals surface area contributed by atoms with Crippen LogP contribution in [-0.2, 0) is 0 Å². The van der Waals surface area contributed by atoms with Crippen LogP contribution in [0.2, 0.25) is 0 Å². The van der Waals surface area contributed by atoms with Crippen LogP contribution in [0.5, 0.6) is 0 Å².